The van der Waals surface area contributed by atoms with E-state index in [1.54, 1.807) is 30.3 Å². The number of nitrogens with one attached hydrogen (secondary N) is 2. The van der Waals surface area contributed by atoms with Crippen molar-refractivity contribution >= 4 is 46.2 Å². The summed E-state index contributed by atoms with van der Waals surface area (Å²) in [6, 6.07) is 15.9. The van der Waals surface area contributed by atoms with Gasteiger partial charge in [-0.05, 0) is 43.3 Å². The molecule has 7 nitrogen and oxygen atoms in total. The minimum atomic E-state index is -0.907. The number of rotatable bonds is 5. The lowest BCUT2D eigenvalue weighted by molar-refractivity contribution is -0.136. The van der Waals surface area contributed by atoms with Gasteiger partial charge in [0.1, 0.15) is 10.9 Å². The number of carbonyl (C=O) groups is 2. The molecule has 142 valence electrons. The first-order chi connectivity index (χ1) is 13.6. The Morgan fingerprint density at radius 3 is 2.64 bits per heavy atom. The molecule has 0 aliphatic carbocycles. The Balaban J connectivity index is 1.60. The second-order valence-electron chi connectivity index (χ2n) is 5.67. The van der Waals surface area contributed by atoms with Crippen LogP contribution in [0.4, 0.5) is 5.69 Å². The molecule has 2 aromatic carbocycles. The first kappa shape index (κ1) is 19.3. The van der Waals surface area contributed by atoms with Crippen molar-refractivity contribution in [3.05, 3.63) is 65.3 Å². The highest BCUT2D eigenvalue weighted by Crippen LogP contribution is 2.19. The van der Waals surface area contributed by atoms with Gasteiger partial charge < -0.3 is 10.1 Å². The summed E-state index contributed by atoms with van der Waals surface area (Å²) in [4.78, 5) is 28.1. The molecule has 1 heterocycles. The fourth-order valence-electron chi connectivity index (χ4n) is 2.40. The van der Waals surface area contributed by atoms with E-state index in [4.69, 9.17) is 16.3 Å². The van der Waals surface area contributed by atoms with Gasteiger partial charge in [-0.25, -0.2) is 10.4 Å². The third kappa shape index (κ3) is 4.83. The van der Waals surface area contributed by atoms with Gasteiger partial charge in [-0.2, -0.15) is 5.10 Å². The van der Waals surface area contributed by atoms with Crippen molar-refractivity contribution in [2.45, 2.75) is 6.92 Å². The number of aromatic nitrogens is 1. The van der Waals surface area contributed by atoms with Gasteiger partial charge in [0.2, 0.25) is 0 Å². The zero-order valence-corrected chi connectivity index (χ0v) is 15.7. The van der Waals surface area contributed by atoms with Crippen molar-refractivity contribution in [2.75, 3.05) is 11.9 Å². The normalized spacial score (nSPS) is 10.8. The SMILES string of the molecule is CCOc1ccc(NC(=O)C(=O)NN=Cc2cc3ccccc3nc2Cl)cc1. The van der Waals surface area contributed by atoms with Gasteiger partial charge in [-0.15, -0.1) is 0 Å². The second-order valence-corrected chi connectivity index (χ2v) is 6.03. The summed E-state index contributed by atoms with van der Waals surface area (Å²) in [6.07, 6.45) is 1.34. The van der Waals surface area contributed by atoms with Crippen LogP contribution in [0.1, 0.15) is 12.5 Å². The van der Waals surface area contributed by atoms with E-state index in [0.717, 1.165) is 10.9 Å². The van der Waals surface area contributed by atoms with Crippen LogP contribution in [0.15, 0.2) is 59.7 Å². The second kappa shape index (κ2) is 8.96. The summed E-state index contributed by atoms with van der Waals surface area (Å²) in [5.41, 5.74) is 3.91. The standard InChI is InChI=1S/C20H17ClN4O3/c1-2-28-16-9-7-15(8-10-16)23-19(26)20(27)25-22-12-14-11-13-5-3-4-6-17(13)24-18(14)21/h3-12H,2H2,1H3,(H,23,26)(H,25,27). The van der Waals surface area contributed by atoms with Gasteiger partial charge in [-0.1, -0.05) is 29.8 Å². The summed E-state index contributed by atoms with van der Waals surface area (Å²) < 4.78 is 5.32. The van der Waals surface area contributed by atoms with Gasteiger partial charge in [0, 0.05) is 16.6 Å². The number of anilines is 1. The summed E-state index contributed by atoms with van der Waals surface area (Å²) in [7, 11) is 0. The first-order valence-corrected chi connectivity index (χ1v) is 8.87. The molecule has 3 rings (SSSR count). The fraction of sp³-hybridized carbons (Fsp3) is 0.100. The molecule has 0 saturated heterocycles. The van der Waals surface area contributed by atoms with Crippen LogP contribution >= 0.6 is 11.6 Å². The van der Waals surface area contributed by atoms with Gasteiger partial charge in [0.25, 0.3) is 0 Å². The van der Waals surface area contributed by atoms with Crippen LogP contribution in [-0.4, -0.2) is 29.6 Å². The Morgan fingerprint density at radius 1 is 1.14 bits per heavy atom. The number of amides is 2. The first-order valence-electron chi connectivity index (χ1n) is 8.49. The maximum atomic E-state index is 11.9. The topological polar surface area (TPSA) is 92.7 Å². The minimum Gasteiger partial charge on any atom is -0.494 e. The molecule has 0 fully saturated rings. The Bertz CT molecular complexity index is 1040. The molecule has 0 spiro atoms. The van der Waals surface area contributed by atoms with Crippen molar-refractivity contribution in [1.82, 2.24) is 10.4 Å². The molecule has 0 atom stereocenters. The van der Waals surface area contributed by atoms with Crippen LogP contribution in [-0.2, 0) is 9.59 Å². The number of halogens is 1. The van der Waals surface area contributed by atoms with Crippen LogP contribution in [0.3, 0.4) is 0 Å². The maximum absolute atomic E-state index is 11.9. The van der Waals surface area contributed by atoms with Crippen molar-refractivity contribution in [1.29, 1.82) is 0 Å². The molecule has 0 saturated carbocycles. The van der Waals surface area contributed by atoms with Crippen LogP contribution in [0.2, 0.25) is 5.15 Å². The van der Waals surface area contributed by atoms with Crippen molar-refractivity contribution < 1.29 is 14.3 Å². The highest BCUT2D eigenvalue weighted by atomic mass is 35.5. The zero-order chi connectivity index (χ0) is 19.9. The number of carbonyl (C=O) groups excluding carboxylic acids is 2. The zero-order valence-electron chi connectivity index (χ0n) is 15.0. The number of hydrazone groups is 1. The monoisotopic (exact) mass is 396 g/mol. The predicted molar refractivity (Wildman–Crippen MR) is 109 cm³/mol. The van der Waals surface area contributed by atoms with E-state index in [1.807, 2.05) is 31.2 Å². The molecular weight excluding hydrogens is 380 g/mol. The number of pyridine rings is 1. The summed E-state index contributed by atoms with van der Waals surface area (Å²) in [5.74, 6) is -1.07. The number of hydrogen-bond donors (Lipinski definition) is 2. The number of para-hydroxylation sites is 1. The Kier molecular flexibility index (Phi) is 6.18. The van der Waals surface area contributed by atoms with E-state index in [1.165, 1.54) is 6.21 Å². The fourth-order valence-corrected chi connectivity index (χ4v) is 2.59. The molecule has 2 amide bonds. The lowest BCUT2D eigenvalue weighted by atomic mass is 10.2. The highest BCUT2D eigenvalue weighted by Gasteiger charge is 2.13. The molecule has 0 bridgehead atoms. The van der Waals surface area contributed by atoms with Crippen LogP contribution in [0, 0.1) is 0 Å². The highest BCUT2D eigenvalue weighted by molar-refractivity contribution is 6.39. The number of ether oxygens (including phenoxy) is 1. The molecule has 0 aliphatic heterocycles. The molecule has 0 unspecified atom stereocenters. The average molecular weight is 397 g/mol. The van der Waals surface area contributed by atoms with Crippen molar-refractivity contribution in [3.63, 3.8) is 0 Å². The smallest absolute Gasteiger partial charge is 0.329 e. The van der Waals surface area contributed by atoms with Crippen LogP contribution < -0.4 is 15.5 Å². The number of fused-ring (bicyclic) bond motifs is 1. The summed E-state index contributed by atoms with van der Waals surface area (Å²) >= 11 is 6.12. The molecule has 0 aliphatic rings. The van der Waals surface area contributed by atoms with E-state index in [9.17, 15) is 9.59 Å². The Labute approximate surface area is 166 Å². The molecule has 8 heteroatoms. The molecule has 2 N–H and O–H groups in total. The van der Waals surface area contributed by atoms with Gasteiger partial charge in [-0.3, -0.25) is 9.59 Å². The van der Waals surface area contributed by atoms with Crippen LogP contribution in [0.25, 0.3) is 10.9 Å². The van der Waals surface area contributed by atoms with Gasteiger partial charge >= 0.3 is 11.8 Å². The molecular formula is C20H17ClN4O3. The summed E-state index contributed by atoms with van der Waals surface area (Å²) in [6.45, 7) is 2.42. The third-order valence-corrected chi connectivity index (χ3v) is 4.01. The number of hydrogen-bond acceptors (Lipinski definition) is 5. The predicted octanol–water partition coefficient (Wildman–Crippen LogP) is 3.38. The van der Waals surface area contributed by atoms with E-state index in [-0.39, 0.29) is 5.15 Å². The maximum Gasteiger partial charge on any atom is 0.329 e. The van der Waals surface area contributed by atoms with E-state index >= 15 is 0 Å². The van der Waals surface area contributed by atoms with Crippen molar-refractivity contribution in [3.8, 4) is 5.75 Å². The molecule has 28 heavy (non-hydrogen) atoms. The molecule has 3 aromatic rings. The lowest BCUT2D eigenvalue weighted by Gasteiger charge is -2.06. The minimum absolute atomic E-state index is 0.246. The quantitative estimate of drug-likeness (QED) is 0.299. The Hall–Kier alpha value is -3.45. The van der Waals surface area contributed by atoms with Crippen LogP contribution in [0.5, 0.6) is 5.75 Å². The van der Waals surface area contributed by atoms with Crippen molar-refractivity contribution in [2.24, 2.45) is 5.10 Å². The number of benzene rings is 2. The van der Waals surface area contributed by atoms with E-state index in [0.29, 0.717) is 23.6 Å². The van der Waals surface area contributed by atoms with Gasteiger partial charge in [0.15, 0.2) is 0 Å². The van der Waals surface area contributed by atoms with Gasteiger partial charge in [0.05, 0.1) is 18.3 Å². The van der Waals surface area contributed by atoms with E-state index < -0.39 is 11.8 Å². The largest absolute Gasteiger partial charge is 0.494 e. The number of nitrogens with zero attached hydrogens (tertiary/aromatic N) is 2. The Morgan fingerprint density at radius 2 is 1.89 bits per heavy atom. The average Bonchev–Trinajstić information content (AvgIpc) is 2.70. The summed E-state index contributed by atoms with van der Waals surface area (Å²) in [5, 5.41) is 7.39. The molecule has 0 radical (unpaired) electrons. The van der Waals surface area contributed by atoms with E-state index in [2.05, 4.69) is 20.8 Å². The molecule has 1 aromatic heterocycles. The third-order valence-electron chi connectivity index (χ3n) is 3.70. The lowest BCUT2D eigenvalue weighted by Crippen LogP contribution is -2.32.